The van der Waals surface area contributed by atoms with Gasteiger partial charge in [0, 0.05) is 25.9 Å². The normalized spacial score (nSPS) is 20.4. The highest BCUT2D eigenvalue weighted by molar-refractivity contribution is 7.91. The highest BCUT2D eigenvalue weighted by atomic mass is 32.2. The molecule has 1 unspecified atom stereocenters. The van der Waals surface area contributed by atoms with E-state index < -0.39 is 27.6 Å². The molecule has 0 bridgehead atoms. The van der Waals surface area contributed by atoms with Crippen molar-refractivity contribution in [3.8, 4) is 0 Å². The van der Waals surface area contributed by atoms with Crippen LogP contribution in [0.1, 0.15) is 16.8 Å². The minimum Gasteiger partial charge on any atom is -0.383 e. The molecule has 0 saturated carbocycles. The highest BCUT2D eigenvalue weighted by Gasteiger charge is 2.35. The molecule has 1 saturated heterocycles. The second kappa shape index (κ2) is 6.48. The number of nitrogens with zero attached hydrogens (tertiary/aromatic N) is 2. The Bertz CT molecular complexity index is 620. The fraction of sp³-hybridized carbons (Fsp3) is 0.538. The first kappa shape index (κ1) is 15.8. The van der Waals surface area contributed by atoms with Crippen molar-refractivity contribution in [1.82, 2.24) is 9.88 Å². The summed E-state index contributed by atoms with van der Waals surface area (Å²) in [4.78, 5) is 17.5. The van der Waals surface area contributed by atoms with E-state index in [-0.39, 0.29) is 30.2 Å². The van der Waals surface area contributed by atoms with E-state index >= 15 is 0 Å². The van der Waals surface area contributed by atoms with Crippen LogP contribution in [0.15, 0.2) is 18.5 Å². The molecule has 1 amide bonds. The summed E-state index contributed by atoms with van der Waals surface area (Å²) in [6.45, 7) is 0.478. The summed E-state index contributed by atoms with van der Waals surface area (Å²) in [5.41, 5.74) is -0.106. The van der Waals surface area contributed by atoms with Gasteiger partial charge >= 0.3 is 0 Å². The van der Waals surface area contributed by atoms with Gasteiger partial charge in [-0.2, -0.15) is 0 Å². The monoisotopic (exact) mass is 316 g/mol. The van der Waals surface area contributed by atoms with Gasteiger partial charge in [-0.05, 0) is 12.5 Å². The Morgan fingerprint density at radius 1 is 1.57 bits per heavy atom. The Kier molecular flexibility index (Phi) is 4.89. The third-order valence-corrected chi connectivity index (χ3v) is 5.20. The van der Waals surface area contributed by atoms with Gasteiger partial charge in [-0.3, -0.25) is 9.78 Å². The molecule has 6 nitrogen and oxygen atoms in total. The lowest BCUT2D eigenvalue weighted by molar-refractivity contribution is 0.0619. The molecule has 1 fully saturated rings. The number of methoxy groups -OCH3 is 1. The first-order valence-corrected chi connectivity index (χ1v) is 8.36. The smallest absolute Gasteiger partial charge is 0.257 e. The third-order valence-electron chi connectivity index (χ3n) is 3.45. The summed E-state index contributed by atoms with van der Waals surface area (Å²) in [6, 6.07) is 0.853. The van der Waals surface area contributed by atoms with Gasteiger partial charge in [0.25, 0.3) is 5.91 Å². The molecular formula is C13H17FN2O4S. The zero-order valence-electron chi connectivity index (χ0n) is 11.7. The lowest BCUT2D eigenvalue weighted by Crippen LogP contribution is -2.43. The van der Waals surface area contributed by atoms with E-state index in [1.807, 2.05) is 0 Å². The number of sulfone groups is 1. The van der Waals surface area contributed by atoms with Crippen LogP contribution in [-0.2, 0) is 14.6 Å². The number of aromatic nitrogens is 1. The average molecular weight is 316 g/mol. The third kappa shape index (κ3) is 3.76. The van der Waals surface area contributed by atoms with Crippen molar-refractivity contribution in [3.63, 3.8) is 0 Å². The summed E-state index contributed by atoms with van der Waals surface area (Å²) in [7, 11) is -1.64. The predicted molar refractivity (Wildman–Crippen MR) is 74.2 cm³/mol. The fourth-order valence-electron chi connectivity index (χ4n) is 2.36. The molecule has 1 aliphatic heterocycles. The lowest BCUT2D eigenvalue weighted by atomic mass is 10.1. The number of hydrogen-bond acceptors (Lipinski definition) is 5. The van der Waals surface area contributed by atoms with Crippen LogP contribution >= 0.6 is 0 Å². The highest BCUT2D eigenvalue weighted by Crippen LogP contribution is 2.20. The van der Waals surface area contributed by atoms with E-state index in [4.69, 9.17) is 4.74 Å². The topological polar surface area (TPSA) is 76.6 Å². The van der Waals surface area contributed by atoms with Crippen molar-refractivity contribution in [3.05, 3.63) is 29.8 Å². The maximum atomic E-state index is 13.7. The molecule has 2 rings (SSSR count). The number of ether oxygens (including phenoxy) is 1. The summed E-state index contributed by atoms with van der Waals surface area (Å²) in [6.07, 6.45) is 2.66. The summed E-state index contributed by atoms with van der Waals surface area (Å²) < 4.78 is 41.8. The molecule has 0 N–H and O–H groups in total. The molecule has 0 spiro atoms. The maximum absolute atomic E-state index is 13.7. The number of hydrogen-bond donors (Lipinski definition) is 0. The van der Waals surface area contributed by atoms with Crippen LogP contribution in [0.5, 0.6) is 0 Å². The van der Waals surface area contributed by atoms with Crippen LogP contribution in [-0.4, -0.2) is 62.0 Å². The number of pyridine rings is 1. The number of carbonyl (C=O) groups excluding carboxylic acids is 1. The van der Waals surface area contributed by atoms with E-state index in [0.717, 1.165) is 6.20 Å². The summed E-state index contributed by atoms with van der Waals surface area (Å²) in [5, 5.41) is 0. The largest absolute Gasteiger partial charge is 0.383 e. The summed E-state index contributed by atoms with van der Waals surface area (Å²) in [5.74, 6) is -1.29. The van der Waals surface area contributed by atoms with Crippen molar-refractivity contribution < 1.29 is 22.3 Å². The Morgan fingerprint density at radius 3 is 2.90 bits per heavy atom. The fourth-order valence-corrected chi connectivity index (χ4v) is 4.09. The van der Waals surface area contributed by atoms with Crippen LogP contribution in [0.2, 0.25) is 0 Å². The molecular weight excluding hydrogens is 299 g/mol. The van der Waals surface area contributed by atoms with Gasteiger partial charge in [0.05, 0.1) is 29.9 Å². The van der Waals surface area contributed by atoms with E-state index in [9.17, 15) is 17.6 Å². The van der Waals surface area contributed by atoms with Gasteiger partial charge < -0.3 is 9.64 Å². The Morgan fingerprint density at radius 2 is 2.33 bits per heavy atom. The molecule has 8 heteroatoms. The first-order valence-electron chi connectivity index (χ1n) is 6.54. The minimum atomic E-state index is -3.13. The minimum absolute atomic E-state index is 0.0489. The van der Waals surface area contributed by atoms with Gasteiger partial charge in [0.2, 0.25) is 0 Å². The van der Waals surface area contributed by atoms with Gasteiger partial charge in [0.15, 0.2) is 15.7 Å². The van der Waals surface area contributed by atoms with Crippen LogP contribution < -0.4 is 0 Å². The summed E-state index contributed by atoms with van der Waals surface area (Å²) >= 11 is 0. The first-order chi connectivity index (χ1) is 9.94. The van der Waals surface area contributed by atoms with Crippen molar-refractivity contribution >= 4 is 15.7 Å². The zero-order chi connectivity index (χ0) is 15.5. The van der Waals surface area contributed by atoms with Gasteiger partial charge in [-0.1, -0.05) is 0 Å². The molecule has 0 aliphatic carbocycles. The molecule has 0 aromatic carbocycles. The Hall–Kier alpha value is -1.54. The van der Waals surface area contributed by atoms with Crippen LogP contribution in [0.3, 0.4) is 0 Å². The number of rotatable bonds is 5. The van der Waals surface area contributed by atoms with Gasteiger partial charge in [-0.25, -0.2) is 12.8 Å². The molecule has 1 aromatic heterocycles. The molecule has 1 aromatic rings. The zero-order valence-corrected chi connectivity index (χ0v) is 12.5. The van der Waals surface area contributed by atoms with Gasteiger partial charge in [-0.15, -0.1) is 0 Å². The Labute approximate surface area is 122 Å². The van der Waals surface area contributed by atoms with Crippen LogP contribution in [0.25, 0.3) is 0 Å². The quantitative estimate of drug-likeness (QED) is 0.790. The molecule has 0 radical (unpaired) electrons. The lowest BCUT2D eigenvalue weighted by Gasteiger charge is -2.28. The molecule has 21 heavy (non-hydrogen) atoms. The van der Waals surface area contributed by atoms with Crippen molar-refractivity contribution in [2.24, 2.45) is 0 Å². The van der Waals surface area contributed by atoms with Crippen molar-refractivity contribution in [1.29, 1.82) is 0 Å². The molecule has 2 heterocycles. The molecule has 116 valence electrons. The second-order valence-corrected chi connectivity index (χ2v) is 7.13. The molecule has 1 aliphatic rings. The number of halogens is 1. The maximum Gasteiger partial charge on any atom is 0.257 e. The number of amides is 1. The molecule has 1 atom stereocenters. The standard InChI is InChI=1S/C13H17FN2O4S/c1-20-6-5-16(10-3-7-21(18,19)9-10)13(17)11-2-4-15-8-12(11)14/h2,4,8,10H,3,5-7,9H2,1H3. The predicted octanol–water partition coefficient (Wildman–Crippen LogP) is 0.496. The van der Waals surface area contributed by atoms with Crippen LogP contribution in [0.4, 0.5) is 4.39 Å². The van der Waals surface area contributed by atoms with Crippen molar-refractivity contribution in [2.75, 3.05) is 31.8 Å². The second-order valence-electron chi connectivity index (χ2n) is 4.90. The van der Waals surface area contributed by atoms with E-state index in [0.29, 0.717) is 6.42 Å². The van der Waals surface area contributed by atoms with Gasteiger partial charge in [0.1, 0.15) is 0 Å². The van der Waals surface area contributed by atoms with E-state index in [1.165, 1.54) is 24.3 Å². The van der Waals surface area contributed by atoms with E-state index in [2.05, 4.69) is 4.98 Å². The number of carbonyl (C=O) groups is 1. The van der Waals surface area contributed by atoms with Crippen molar-refractivity contribution in [2.45, 2.75) is 12.5 Å². The van der Waals surface area contributed by atoms with E-state index in [1.54, 1.807) is 0 Å². The Balaban J connectivity index is 2.24. The average Bonchev–Trinajstić information content (AvgIpc) is 2.79. The van der Waals surface area contributed by atoms with Crippen LogP contribution in [0, 0.1) is 5.82 Å². The SMILES string of the molecule is COCCN(C(=O)c1ccncc1F)C1CCS(=O)(=O)C1.